The lowest BCUT2D eigenvalue weighted by atomic mass is 10.2. The lowest BCUT2D eigenvalue weighted by Gasteiger charge is -2.07. The summed E-state index contributed by atoms with van der Waals surface area (Å²) in [5, 5.41) is 5.51. The van der Waals surface area contributed by atoms with Gasteiger partial charge in [-0.3, -0.25) is 4.79 Å². The van der Waals surface area contributed by atoms with Crippen LogP contribution in [-0.4, -0.2) is 18.4 Å². The number of anilines is 2. The zero-order valence-electron chi connectivity index (χ0n) is 12.1. The van der Waals surface area contributed by atoms with Crippen molar-refractivity contribution in [2.75, 3.05) is 17.2 Å². The van der Waals surface area contributed by atoms with Crippen LogP contribution in [-0.2, 0) is 4.79 Å². The molecule has 114 valence electrons. The highest BCUT2D eigenvalue weighted by atomic mass is 19.1. The fourth-order valence-corrected chi connectivity index (χ4v) is 1.80. The van der Waals surface area contributed by atoms with Crippen molar-refractivity contribution in [1.82, 2.24) is 0 Å². The van der Waals surface area contributed by atoms with Gasteiger partial charge in [-0.1, -0.05) is 12.1 Å². The minimum Gasteiger partial charge on any atom is -0.370 e. The SMILES string of the molecule is Cc1cccc(NC(N)=NCC(=O)Nc2ccc(F)cc2)c1. The molecule has 2 aromatic carbocycles. The van der Waals surface area contributed by atoms with E-state index in [4.69, 9.17) is 5.73 Å². The Balaban J connectivity index is 1.87. The Kier molecular flexibility index (Phi) is 5.08. The second-order valence-corrected chi connectivity index (χ2v) is 4.75. The fourth-order valence-electron chi connectivity index (χ4n) is 1.80. The highest BCUT2D eigenvalue weighted by Crippen LogP contribution is 2.09. The summed E-state index contributed by atoms with van der Waals surface area (Å²) in [6, 6.07) is 13.1. The quantitative estimate of drug-likeness (QED) is 0.599. The van der Waals surface area contributed by atoms with Crippen LogP contribution >= 0.6 is 0 Å². The largest absolute Gasteiger partial charge is 0.370 e. The Morgan fingerprint density at radius 1 is 1.14 bits per heavy atom. The molecule has 0 aliphatic heterocycles. The molecular weight excluding hydrogens is 283 g/mol. The van der Waals surface area contributed by atoms with Crippen molar-refractivity contribution in [2.24, 2.45) is 10.7 Å². The van der Waals surface area contributed by atoms with Crippen LogP contribution in [0.2, 0.25) is 0 Å². The summed E-state index contributed by atoms with van der Waals surface area (Å²) in [6.07, 6.45) is 0. The molecule has 0 aromatic heterocycles. The van der Waals surface area contributed by atoms with E-state index in [0.29, 0.717) is 5.69 Å². The molecule has 2 aromatic rings. The van der Waals surface area contributed by atoms with Gasteiger partial charge < -0.3 is 16.4 Å². The van der Waals surface area contributed by atoms with Crippen LogP contribution in [0.3, 0.4) is 0 Å². The second-order valence-electron chi connectivity index (χ2n) is 4.75. The molecular formula is C16H17FN4O. The highest BCUT2D eigenvalue weighted by Gasteiger charge is 2.02. The number of aryl methyl sites for hydroxylation is 1. The molecule has 0 heterocycles. The summed E-state index contributed by atoms with van der Waals surface area (Å²) in [7, 11) is 0. The molecule has 22 heavy (non-hydrogen) atoms. The summed E-state index contributed by atoms with van der Waals surface area (Å²) in [5.41, 5.74) is 8.13. The smallest absolute Gasteiger partial charge is 0.246 e. The molecule has 0 aliphatic rings. The number of hydrogen-bond donors (Lipinski definition) is 3. The van der Waals surface area contributed by atoms with E-state index < -0.39 is 0 Å². The predicted molar refractivity (Wildman–Crippen MR) is 86.3 cm³/mol. The Labute approximate surface area is 128 Å². The Hall–Kier alpha value is -2.89. The minimum atomic E-state index is -0.359. The highest BCUT2D eigenvalue weighted by molar-refractivity contribution is 5.97. The molecule has 0 bridgehead atoms. The van der Waals surface area contributed by atoms with E-state index in [2.05, 4.69) is 15.6 Å². The van der Waals surface area contributed by atoms with Crippen molar-refractivity contribution in [3.63, 3.8) is 0 Å². The summed E-state index contributed by atoms with van der Waals surface area (Å²) in [6.45, 7) is 1.84. The first-order valence-electron chi connectivity index (χ1n) is 6.72. The van der Waals surface area contributed by atoms with Gasteiger partial charge in [0, 0.05) is 11.4 Å². The van der Waals surface area contributed by atoms with E-state index in [9.17, 15) is 9.18 Å². The van der Waals surface area contributed by atoms with Crippen molar-refractivity contribution in [2.45, 2.75) is 6.92 Å². The first-order chi connectivity index (χ1) is 10.5. The number of rotatable bonds is 4. The first kappa shape index (κ1) is 15.5. The van der Waals surface area contributed by atoms with Crippen LogP contribution < -0.4 is 16.4 Å². The zero-order valence-corrected chi connectivity index (χ0v) is 12.1. The first-order valence-corrected chi connectivity index (χ1v) is 6.72. The third-order valence-corrected chi connectivity index (χ3v) is 2.81. The predicted octanol–water partition coefficient (Wildman–Crippen LogP) is 2.50. The van der Waals surface area contributed by atoms with Crippen LogP contribution in [0.25, 0.3) is 0 Å². The van der Waals surface area contributed by atoms with Gasteiger partial charge in [0.05, 0.1) is 0 Å². The molecule has 0 radical (unpaired) electrons. The minimum absolute atomic E-state index is 0.123. The van der Waals surface area contributed by atoms with E-state index in [-0.39, 0.29) is 24.2 Å². The Morgan fingerprint density at radius 2 is 1.86 bits per heavy atom. The number of carbonyl (C=O) groups excluding carboxylic acids is 1. The number of benzene rings is 2. The van der Waals surface area contributed by atoms with Gasteiger partial charge in [0.15, 0.2) is 5.96 Å². The van der Waals surface area contributed by atoms with E-state index in [1.807, 2.05) is 31.2 Å². The molecule has 0 aliphatic carbocycles. The zero-order chi connectivity index (χ0) is 15.9. The Morgan fingerprint density at radius 3 is 2.55 bits per heavy atom. The lowest BCUT2D eigenvalue weighted by Crippen LogP contribution is -2.25. The molecule has 0 spiro atoms. The normalized spacial score (nSPS) is 11.1. The second kappa shape index (κ2) is 7.21. The molecule has 0 saturated heterocycles. The fraction of sp³-hybridized carbons (Fsp3) is 0.125. The molecule has 0 unspecified atom stereocenters. The molecule has 0 atom stereocenters. The van der Waals surface area contributed by atoms with Crippen molar-refractivity contribution in [3.8, 4) is 0 Å². The average Bonchev–Trinajstić information content (AvgIpc) is 2.48. The average molecular weight is 300 g/mol. The van der Waals surface area contributed by atoms with Crippen LogP contribution in [0.1, 0.15) is 5.56 Å². The van der Waals surface area contributed by atoms with Gasteiger partial charge in [-0.2, -0.15) is 0 Å². The maximum atomic E-state index is 12.8. The van der Waals surface area contributed by atoms with Crippen molar-refractivity contribution in [1.29, 1.82) is 0 Å². The Bertz CT molecular complexity index is 683. The molecule has 5 nitrogen and oxygen atoms in total. The summed E-state index contributed by atoms with van der Waals surface area (Å²) in [5.74, 6) is -0.539. The van der Waals surface area contributed by atoms with Gasteiger partial charge in [-0.15, -0.1) is 0 Å². The monoisotopic (exact) mass is 300 g/mol. The molecule has 6 heteroatoms. The van der Waals surface area contributed by atoms with Crippen LogP contribution in [0.15, 0.2) is 53.5 Å². The van der Waals surface area contributed by atoms with Crippen LogP contribution in [0.5, 0.6) is 0 Å². The van der Waals surface area contributed by atoms with Gasteiger partial charge in [0.25, 0.3) is 0 Å². The molecule has 0 fully saturated rings. The number of carbonyl (C=O) groups is 1. The maximum Gasteiger partial charge on any atom is 0.246 e. The van der Waals surface area contributed by atoms with Gasteiger partial charge in [0.2, 0.25) is 5.91 Å². The topological polar surface area (TPSA) is 79.5 Å². The summed E-state index contributed by atoms with van der Waals surface area (Å²) in [4.78, 5) is 15.7. The van der Waals surface area contributed by atoms with Crippen LogP contribution in [0, 0.1) is 12.7 Å². The molecule has 1 amide bonds. The number of nitrogens with zero attached hydrogens (tertiary/aromatic N) is 1. The summed E-state index contributed by atoms with van der Waals surface area (Å²) >= 11 is 0. The number of nitrogens with two attached hydrogens (primary N) is 1. The van der Waals surface area contributed by atoms with E-state index in [1.54, 1.807) is 0 Å². The van der Waals surface area contributed by atoms with Gasteiger partial charge >= 0.3 is 0 Å². The van der Waals surface area contributed by atoms with E-state index in [1.165, 1.54) is 24.3 Å². The number of guanidine groups is 1. The number of nitrogens with one attached hydrogen (secondary N) is 2. The third kappa shape index (κ3) is 4.90. The van der Waals surface area contributed by atoms with Gasteiger partial charge in [0.1, 0.15) is 12.4 Å². The van der Waals surface area contributed by atoms with Crippen molar-refractivity contribution >= 4 is 23.2 Å². The molecule has 0 saturated carbocycles. The van der Waals surface area contributed by atoms with E-state index >= 15 is 0 Å². The molecule has 2 rings (SSSR count). The van der Waals surface area contributed by atoms with Crippen LogP contribution in [0.4, 0.5) is 15.8 Å². The third-order valence-electron chi connectivity index (χ3n) is 2.81. The molecule has 4 N–H and O–H groups in total. The number of aliphatic imine (C=N–C) groups is 1. The van der Waals surface area contributed by atoms with E-state index in [0.717, 1.165) is 11.3 Å². The van der Waals surface area contributed by atoms with Gasteiger partial charge in [-0.05, 0) is 48.9 Å². The van der Waals surface area contributed by atoms with Gasteiger partial charge in [-0.25, -0.2) is 9.38 Å². The van der Waals surface area contributed by atoms with Crippen molar-refractivity contribution in [3.05, 3.63) is 59.9 Å². The lowest BCUT2D eigenvalue weighted by molar-refractivity contribution is -0.114. The summed E-state index contributed by atoms with van der Waals surface area (Å²) < 4.78 is 12.8. The standard InChI is InChI=1S/C16H17FN4O/c1-11-3-2-4-14(9-11)21-16(18)19-10-15(22)20-13-7-5-12(17)6-8-13/h2-9H,10H2,1H3,(H,20,22)(H3,18,19,21). The number of amides is 1. The number of halogens is 1. The number of hydrogen-bond acceptors (Lipinski definition) is 2. The maximum absolute atomic E-state index is 12.8. The van der Waals surface area contributed by atoms with Crippen molar-refractivity contribution < 1.29 is 9.18 Å².